The number of fused-ring (bicyclic) bond motifs is 9. The average Bonchev–Trinajstić information content (AvgIpc) is 3.85. The van der Waals surface area contributed by atoms with E-state index in [1.54, 1.807) is 0 Å². The lowest BCUT2D eigenvalue weighted by Gasteiger charge is -2.27. The van der Waals surface area contributed by atoms with Gasteiger partial charge in [-0.05, 0) is 93.3 Å². The second-order valence-corrected chi connectivity index (χ2v) is 15.3. The van der Waals surface area contributed by atoms with Gasteiger partial charge in [0.1, 0.15) is 11.2 Å². The van der Waals surface area contributed by atoms with Crippen molar-refractivity contribution in [2.24, 2.45) is 0 Å². The first-order valence-electron chi connectivity index (χ1n) is 20.2. The molecule has 0 aliphatic carbocycles. The molecule has 10 aromatic carbocycles. The number of furan rings is 1. The van der Waals surface area contributed by atoms with Gasteiger partial charge in [0.05, 0.1) is 16.7 Å². The van der Waals surface area contributed by atoms with E-state index in [1.807, 2.05) is 12.1 Å². The van der Waals surface area contributed by atoms with Crippen LogP contribution in [-0.2, 0) is 0 Å². The molecule has 0 atom stereocenters. The van der Waals surface area contributed by atoms with Gasteiger partial charge in [-0.1, -0.05) is 158 Å². The van der Waals surface area contributed by atoms with E-state index >= 15 is 0 Å². The lowest BCUT2D eigenvalue weighted by atomic mass is 9.99. The molecule has 3 nitrogen and oxygen atoms in total. The van der Waals surface area contributed by atoms with Crippen LogP contribution in [-0.4, -0.2) is 4.57 Å². The fraction of sp³-hybridized carbons (Fsp3) is 0. The van der Waals surface area contributed by atoms with E-state index < -0.39 is 0 Å². The van der Waals surface area contributed by atoms with Gasteiger partial charge in [-0.25, -0.2) is 0 Å². The van der Waals surface area contributed by atoms with Crippen LogP contribution in [0.25, 0.3) is 93.2 Å². The van der Waals surface area contributed by atoms with Crippen molar-refractivity contribution >= 4 is 82.4 Å². The number of hydrogen-bond donors (Lipinski definition) is 0. The van der Waals surface area contributed by atoms with Crippen LogP contribution in [0, 0.1) is 0 Å². The summed E-state index contributed by atoms with van der Waals surface area (Å²) in [5.74, 6) is 0. The Kier molecular flexibility index (Phi) is 7.54. The van der Waals surface area contributed by atoms with E-state index in [1.165, 1.54) is 43.4 Å². The third-order valence-electron chi connectivity index (χ3n) is 11.9. The number of rotatable bonds is 6. The summed E-state index contributed by atoms with van der Waals surface area (Å²) in [4.78, 5) is 2.39. The predicted octanol–water partition coefficient (Wildman–Crippen LogP) is 15.8. The zero-order valence-corrected chi connectivity index (χ0v) is 32.1. The highest BCUT2D eigenvalue weighted by Crippen LogP contribution is 2.43. The standard InChI is InChI=1S/C56H36N2O/c1-2-19-44-37(14-1)30-31-40-36-43(32-33-45(40)44)57(42-18-12-16-39(35-42)47-24-13-25-51-50-23-6-10-29-55(50)59-56(47)51)41-17-11-15-38(34-41)46-20-3-7-26-52(46)58-53-27-8-4-21-48(53)49-22-5-9-28-54(49)58/h1-36H. The Bertz CT molecular complexity index is 3540. The van der Waals surface area contributed by atoms with Crippen LogP contribution >= 0.6 is 0 Å². The summed E-state index contributed by atoms with van der Waals surface area (Å²) in [6, 6.07) is 78.8. The third-order valence-corrected chi connectivity index (χ3v) is 11.9. The summed E-state index contributed by atoms with van der Waals surface area (Å²) in [5.41, 5.74) is 13.0. The molecule has 0 aliphatic rings. The number of anilines is 3. The van der Waals surface area contributed by atoms with E-state index in [0.29, 0.717) is 0 Å². The van der Waals surface area contributed by atoms with Gasteiger partial charge in [0.25, 0.3) is 0 Å². The Morgan fingerprint density at radius 3 is 1.66 bits per heavy atom. The third kappa shape index (κ3) is 5.36. The quantitative estimate of drug-likeness (QED) is 0.158. The van der Waals surface area contributed by atoms with Crippen molar-refractivity contribution in [1.82, 2.24) is 4.57 Å². The van der Waals surface area contributed by atoms with E-state index in [9.17, 15) is 0 Å². The molecule has 12 aromatic rings. The number of nitrogens with zero attached hydrogens (tertiary/aromatic N) is 2. The average molecular weight is 753 g/mol. The highest BCUT2D eigenvalue weighted by molar-refractivity contribution is 6.12. The molecule has 0 spiro atoms. The number of para-hydroxylation sites is 5. The molecule has 0 aliphatic heterocycles. The van der Waals surface area contributed by atoms with Gasteiger partial charge in [0.15, 0.2) is 0 Å². The molecule has 12 rings (SSSR count). The van der Waals surface area contributed by atoms with E-state index in [4.69, 9.17) is 4.42 Å². The first-order chi connectivity index (χ1) is 29.3. The van der Waals surface area contributed by atoms with E-state index in [0.717, 1.165) is 66.9 Å². The van der Waals surface area contributed by atoms with Gasteiger partial charge >= 0.3 is 0 Å². The van der Waals surface area contributed by atoms with E-state index in [2.05, 4.69) is 216 Å². The fourth-order valence-electron chi connectivity index (χ4n) is 9.28. The molecule has 276 valence electrons. The Balaban J connectivity index is 1.05. The molecule has 0 saturated carbocycles. The van der Waals surface area contributed by atoms with Crippen molar-refractivity contribution in [2.45, 2.75) is 0 Å². The summed E-state index contributed by atoms with van der Waals surface area (Å²) in [7, 11) is 0. The van der Waals surface area contributed by atoms with Crippen molar-refractivity contribution in [3.8, 4) is 27.9 Å². The minimum absolute atomic E-state index is 0.898. The van der Waals surface area contributed by atoms with Crippen molar-refractivity contribution in [3.05, 3.63) is 218 Å². The Morgan fingerprint density at radius 2 is 0.881 bits per heavy atom. The summed E-state index contributed by atoms with van der Waals surface area (Å²) in [6.07, 6.45) is 0. The second-order valence-electron chi connectivity index (χ2n) is 15.3. The van der Waals surface area contributed by atoms with Crippen LogP contribution in [0.5, 0.6) is 0 Å². The van der Waals surface area contributed by atoms with Crippen LogP contribution in [0.2, 0.25) is 0 Å². The fourth-order valence-corrected chi connectivity index (χ4v) is 9.28. The Morgan fingerprint density at radius 1 is 0.339 bits per heavy atom. The molecule has 3 heteroatoms. The second kappa shape index (κ2) is 13.4. The highest BCUT2D eigenvalue weighted by atomic mass is 16.3. The number of hydrogen-bond acceptors (Lipinski definition) is 2. The molecule has 0 unspecified atom stereocenters. The summed E-state index contributed by atoms with van der Waals surface area (Å²) < 4.78 is 8.95. The van der Waals surface area contributed by atoms with Crippen molar-refractivity contribution in [1.29, 1.82) is 0 Å². The lowest BCUT2D eigenvalue weighted by Crippen LogP contribution is -2.10. The SMILES string of the molecule is c1cc(-c2ccccc2-n2c3ccccc3c3ccccc32)cc(N(c2cccc(-c3cccc4c3oc3ccccc34)c2)c2ccc3c(ccc4ccccc43)c2)c1. The monoisotopic (exact) mass is 752 g/mol. The molecule has 0 amide bonds. The smallest absolute Gasteiger partial charge is 0.143 e. The van der Waals surface area contributed by atoms with Gasteiger partial charge in [-0.15, -0.1) is 0 Å². The maximum absolute atomic E-state index is 6.54. The molecule has 0 saturated heterocycles. The zero-order chi connectivity index (χ0) is 38.9. The van der Waals surface area contributed by atoms with Crippen molar-refractivity contribution < 1.29 is 4.42 Å². The highest BCUT2D eigenvalue weighted by Gasteiger charge is 2.20. The maximum Gasteiger partial charge on any atom is 0.143 e. The van der Waals surface area contributed by atoms with Gasteiger partial charge in [-0.2, -0.15) is 0 Å². The van der Waals surface area contributed by atoms with Crippen LogP contribution in [0.3, 0.4) is 0 Å². The van der Waals surface area contributed by atoms with Crippen LogP contribution < -0.4 is 4.90 Å². The van der Waals surface area contributed by atoms with Crippen LogP contribution in [0.15, 0.2) is 223 Å². The van der Waals surface area contributed by atoms with Crippen molar-refractivity contribution in [3.63, 3.8) is 0 Å². The normalized spacial score (nSPS) is 11.7. The summed E-state index contributed by atoms with van der Waals surface area (Å²) >= 11 is 0. The van der Waals surface area contributed by atoms with Gasteiger partial charge in [-0.3, -0.25) is 0 Å². The molecule has 2 heterocycles. The van der Waals surface area contributed by atoms with Gasteiger partial charge in [0, 0.05) is 49.7 Å². The Labute approximate surface area is 341 Å². The molecule has 59 heavy (non-hydrogen) atoms. The minimum atomic E-state index is 0.898. The number of aromatic nitrogens is 1. The molecule has 2 aromatic heterocycles. The molecule has 0 fully saturated rings. The maximum atomic E-state index is 6.54. The summed E-state index contributed by atoms with van der Waals surface area (Å²) in [5, 5.41) is 9.69. The molecule has 0 N–H and O–H groups in total. The van der Waals surface area contributed by atoms with Crippen molar-refractivity contribution in [2.75, 3.05) is 4.90 Å². The van der Waals surface area contributed by atoms with Gasteiger partial charge in [0.2, 0.25) is 0 Å². The number of benzene rings is 10. The molecule has 0 bridgehead atoms. The molecule has 0 radical (unpaired) electrons. The van der Waals surface area contributed by atoms with E-state index in [-0.39, 0.29) is 0 Å². The predicted molar refractivity (Wildman–Crippen MR) is 249 cm³/mol. The first kappa shape index (κ1) is 33.3. The largest absolute Gasteiger partial charge is 0.455 e. The van der Waals surface area contributed by atoms with Gasteiger partial charge < -0.3 is 13.9 Å². The van der Waals surface area contributed by atoms with Crippen LogP contribution in [0.4, 0.5) is 17.1 Å². The minimum Gasteiger partial charge on any atom is -0.455 e. The zero-order valence-electron chi connectivity index (χ0n) is 32.1. The first-order valence-corrected chi connectivity index (χ1v) is 20.2. The lowest BCUT2D eigenvalue weighted by molar-refractivity contribution is 0.670. The topological polar surface area (TPSA) is 21.3 Å². The molecular weight excluding hydrogens is 717 g/mol. The van der Waals surface area contributed by atoms with Crippen LogP contribution in [0.1, 0.15) is 0 Å². The summed E-state index contributed by atoms with van der Waals surface area (Å²) in [6.45, 7) is 0. The Hall–Kier alpha value is -7.88. The molecular formula is C56H36N2O.